The Hall–Kier alpha value is -1.47. The minimum atomic E-state index is -4.05. The van der Waals surface area contributed by atoms with Crippen molar-refractivity contribution in [3.05, 3.63) is 71.8 Å². The zero-order chi connectivity index (χ0) is 36.6. The SMILES string of the molecule is CC(C)(C)[Si](C)(C)OC[C@@H](OS(C)(=O)=O)[C@@H](OCc1ccccc1)[C@H](OCc1ccccc1)[C@@H](CO[Si](C)(C)C(C)(C)C)OS(C)(=O)=O. The second kappa shape index (κ2) is 17.2. The predicted molar refractivity (Wildman–Crippen MR) is 196 cm³/mol. The summed E-state index contributed by atoms with van der Waals surface area (Å²) in [5, 5.41) is -0.379. The summed E-state index contributed by atoms with van der Waals surface area (Å²) in [5.41, 5.74) is 1.62. The van der Waals surface area contributed by atoms with Crippen molar-refractivity contribution in [2.24, 2.45) is 0 Å². The number of hydrogen-bond acceptors (Lipinski definition) is 10. The van der Waals surface area contributed by atoms with Crippen molar-refractivity contribution in [3.63, 3.8) is 0 Å². The Morgan fingerprint density at radius 3 is 1.10 bits per heavy atom. The molecule has 0 aliphatic carbocycles. The van der Waals surface area contributed by atoms with Gasteiger partial charge in [0.1, 0.15) is 24.4 Å². The lowest BCUT2D eigenvalue weighted by atomic mass is 10.0. The van der Waals surface area contributed by atoms with E-state index < -0.39 is 61.3 Å². The second-order valence-corrected chi connectivity index (χ2v) is 28.2. The molecule has 0 radical (unpaired) electrons. The zero-order valence-corrected chi connectivity index (χ0v) is 34.4. The Morgan fingerprint density at radius 2 is 0.854 bits per heavy atom. The van der Waals surface area contributed by atoms with E-state index in [1.54, 1.807) is 0 Å². The van der Waals surface area contributed by atoms with Crippen LogP contribution in [0.1, 0.15) is 52.7 Å². The molecule has 0 saturated carbocycles. The van der Waals surface area contributed by atoms with E-state index in [0.29, 0.717) is 0 Å². The maximum atomic E-state index is 12.8. The Labute approximate surface area is 292 Å². The van der Waals surface area contributed by atoms with Crippen molar-refractivity contribution < 1.29 is 43.5 Å². The Bertz CT molecular complexity index is 1360. The smallest absolute Gasteiger partial charge is 0.264 e. The highest BCUT2D eigenvalue weighted by atomic mass is 32.2. The highest BCUT2D eigenvalue weighted by molar-refractivity contribution is 7.86. The highest BCUT2D eigenvalue weighted by Crippen LogP contribution is 2.38. The molecule has 0 saturated heterocycles. The second-order valence-electron chi connectivity index (χ2n) is 15.3. The molecular formula is C34H58O10S2Si2. The molecule has 0 heterocycles. The molecule has 10 nitrogen and oxygen atoms in total. The lowest BCUT2D eigenvalue weighted by molar-refractivity contribution is -0.164. The van der Waals surface area contributed by atoms with Crippen LogP contribution >= 0.6 is 0 Å². The third kappa shape index (κ3) is 14.4. The van der Waals surface area contributed by atoms with Crippen LogP contribution < -0.4 is 0 Å². The summed E-state index contributed by atoms with van der Waals surface area (Å²) >= 11 is 0. The van der Waals surface area contributed by atoms with Gasteiger partial charge in [-0.1, -0.05) is 102 Å². The fourth-order valence-electron chi connectivity index (χ4n) is 4.18. The normalized spacial score (nSPS) is 16.3. The quantitative estimate of drug-likeness (QED) is 0.111. The molecule has 2 aromatic rings. The summed E-state index contributed by atoms with van der Waals surface area (Å²) in [7, 11) is -13.0. The number of ether oxygens (including phenoxy) is 2. The molecule has 0 bridgehead atoms. The summed E-state index contributed by atoms with van der Waals surface area (Å²) in [4.78, 5) is 0. The van der Waals surface area contributed by atoms with Gasteiger partial charge in [0.25, 0.3) is 20.2 Å². The predicted octanol–water partition coefficient (Wildman–Crippen LogP) is 6.89. The molecule has 0 amide bonds. The molecule has 0 N–H and O–H groups in total. The minimum Gasteiger partial charge on any atom is -0.414 e. The molecule has 0 unspecified atom stereocenters. The van der Waals surface area contributed by atoms with Crippen molar-refractivity contribution in [1.82, 2.24) is 0 Å². The summed E-state index contributed by atoms with van der Waals surface area (Å²) in [6.45, 7) is 20.5. The third-order valence-electron chi connectivity index (χ3n) is 9.05. The Balaban J connectivity index is 2.75. The van der Waals surface area contributed by atoms with Gasteiger partial charge >= 0.3 is 0 Å². The topological polar surface area (TPSA) is 124 Å². The monoisotopic (exact) mass is 746 g/mol. The van der Waals surface area contributed by atoms with E-state index in [0.717, 1.165) is 23.6 Å². The number of rotatable bonds is 19. The van der Waals surface area contributed by atoms with E-state index in [2.05, 4.69) is 67.7 Å². The first-order valence-corrected chi connectivity index (χ1v) is 25.6. The Morgan fingerprint density at radius 1 is 0.562 bits per heavy atom. The van der Waals surface area contributed by atoms with Crippen molar-refractivity contribution in [1.29, 1.82) is 0 Å². The van der Waals surface area contributed by atoms with Crippen molar-refractivity contribution in [2.75, 3.05) is 25.7 Å². The lowest BCUT2D eigenvalue weighted by Gasteiger charge is -2.41. The molecule has 2 aromatic carbocycles. The summed E-state index contributed by atoms with van der Waals surface area (Å²) in [6.07, 6.45) is -2.88. The van der Waals surface area contributed by atoms with Crippen LogP contribution in [0, 0.1) is 0 Å². The maximum absolute atomic E-state index is 12.8. The van der Waals surface area contributed by atoms with E-state index >= 15 is 0 Å². The molecule has 2 rings (SSSR count). The van der Waals surface area contributed by atoms with Crippen LogP contribution in [0.3, 0.4) is 0 Å². The molecule has 0 aromatic heterocycles. The number of hydrogen-bond donors (Lipinski definition) is 0. The molecule has 0 fully saturated rings. The summed E-state index contributed by atoms with van der Waals surface area (Å²) in [5.74, 6) is 0. The highest BCUT2D eigenvalue weighted by Gasteiger charge is 2.45. The fourth-order valence-corrected chi connectivity index (χ4v) is 7.43. The van der Waals surface area contributed by atoms with E-state index in [4.69, 9.17) is 26.7 Å². The average Bonchev–Trinajstić information content (AvgIpc) is 2.94. The van der Waals surface area contributed by atoms with Crippen molar-refractivity contribution >= 4 is 36.9 Å². The molecule has 0 spiro atoms. The standard InChI is InChI=1S/C34H58O10S2Si2/c1-33(2,3)47(9,10)41-25-29(43-45(7,35)36)31(39-23-27-19-15-13-16-20-27)32(40-24-28-21-17-14-18-22-28)30(44-46(8,37)38)26-42-48(11,12)34(4,5)6/h13-22,29-32H,23-26H2,1-12H3/t29-,30-,31-,32-/m1/s1. The van der Waals surface area contributed by atoms with Gasteiger partial charge < -0.3 is 18.3 Å². The molecule has 14 heteroatoms. The Kier molecular flexibility index (Phi) is 15.3. The largest absolute Gasteiger partial charge is 0.414 e. The molecule has 0 aliphatic rings. The first kappa shape index (κ1) is 42.7. The van der Waals surface area contributed by atoms with Crippen LogP contribution in [-0.2, 0) is 60.1 Å². The van der Waals surface area contributed by atoms with Gasteiger partial charge in [-0.05, 0) is 47.4 Å². The molecule has 274 valence electrons. The summed E-state index contributed by atoms with van der Waals surface area (Å²) < 4.78 is 88.8. The fraction of sp³-hybridized carbons (Fsp3) is 0.647. The van der Waals surface area contributed by atoms with E-state index in [1.807, 2.05) is 60.7 Å². The average molecular weight is 747 g/mol. The van der Waals surface area contributed by atoms with Gasteiger partial charge in [0, 0.05) is 0 Å². The molecule has 48 heavy (non-hydrogen) atoms. The summed E-state index contributed by atoms with van der Waals surface area (Å²) in [6, 6.07) is 18.7. The first-order chi connectivity index (χ1) is 21.8. The van der Waals surface area contributed by atoms with E-state index in [9.17, 15) is 16.8 Å². The zero-order valence-electron chi connectivity index (χ0n) is 30.8. The van der Waals surface area contributed by atoms with Gasteiger partial charge in [-0.3, -0.25) is 8.37 Å². The molecule has 4 atom stereocenters. The van der Waals surface area contributed by atoms with Gasteiger partial charge in [-0.2, -0.15) is 16.8 Å². The van der Waals surface area contributed by atoms with Crippen LogP contribution in [0.15, 0.2) is 60.7 Å². The minimum absolute atomic E-state index is 0.0507. The third-order valence-corrected chi connectivity index (χ3v) is 19.2. The van der Waals surface area contributed by atoms with Gasteiger partial charge in [0.2, 0.25) is 0 Å². The number of benzene rings is 2. The van der Waals surface area contributed by atoms with Crippen LogP contribution in [0.2, 0.25) is 36.3 Å². The van der Waals surface area contributed by atoms with Crippen LogP contribution in [-0.4, -0.2) is 83.6 Å². The van der Waals surface area contributed by atoms with Crippen LogP contribution in [0.5, 0.6) is 0 Å². The molecule has 0 aliphatic heterocycles. The van der Waals surface area contributed by atoms with Gasteiger partial charge in [-0.25, -0.2) is 0 Å². The van der Waals surface area contributed by atoms with Gasteiger partial charge in [0.15, 0.2) is 16.6 Å². The molecular weight excluding hydrogens is 689 g/mol. The maximum Gasteiger partial charge on any atom is 0.264 e. The van der Waals surface area contributed by atoms with E-state index in [1.165, 1.54) is 0 Å². The van der Waals surface area contributed by atoms with Gasteiger partial charge in [-0.15, -0.1) is 0 Å². The van der Waals surface area contributed by atoms with E-state index in [-0.39, 0.29) is 36.5 Å². The van der Waals surface area contributed by atoms with Crippen LogP contribution in [0.25, 0.3) is 0 Å². The van der Waals surface area contributed by atoms with Crippen LogP contribution in [0.4, 0.5) is 0 Å². The van der Waals surface area contributed by atoms with Crippen molar-refractivity contribution in [3.8, 4) is 0 Å². The lowest BCUT2D eigenvalue weighted by Crippen LogP contribution is -2.55. The first-order valence-electron chi connectivity index (χ1n) is 16.2. The van der Waals surface area contributed by atoms with Crippen molar-refractivity contribution in [2.45, 2.75) is 115 Å². The van der Waals surface area contributed by atoms with Gasteiger partial charge in [0.05, 0.1) is 38.9 Å².